The average molecular weight is 381 g/mol. The lowest BCUT2D eigenvalue weighted by molar-refractivity contribution is -0.117. The lowest BCUT2D eigenvalue weighted by Crippen LogP contribution is -2.36. The van der Waals surface area contributed by atoms with Crippen molar-refractivity contribution in [3.8, 4) is 0 Å². The maximum atomic E-state index is 13.0. The van der Waals surface area contributed by atoms with E-state index in [9.17, 15) is 14.4 Å². The minimum atomic E-state index is -0.540. The highest BCUT2D eigenvalue weighted by atomic mass is 16.5. The van der Waals surface area contributed by atoms with Gasteiger partial charge in [-0.25, -0.2) is 4.79 Å². The molecule has 0 aromatic heterocycles. The van der Waals surface area contributed by atoms with Crippen LogP contribution >= 0.6 is 0 Å². The molecule has 7 heteroatoms. The zero-order valence-corrected chi connectivity index (χ0v) is 15.7. The fraction of sp³-hybridized carbons (Fsp3) is 0.286. The number of nitrogens with one attached hydrogen (secondary N) is 2. The van der Waals surface area contributed by atoms with Gasteiger partial charge in [-0.1, -0.05) is 24.3 Å². The van der Waals surface area contributed by atoms with Gasteiger partial charge in [-0.15, -0.1) is 0 Å². The van der Waals surface area contributed by atoms with Gasteiger partial charge in [0.1, 0.15) is 6.29 Å². The Balaban J connectivity index is 1.99. The van der Waals surface area contributed by atoms with Crippen molar-refractivity contribution in [3.05, 3.63) is 53.6 Å². The molecule has 0 fully saturated rings. The number of hydrogen-bond acceptors (Lipinski definition) is 5. The monoisotopic (exact) mass is 381 g/mol. The Labute approximate surface area is 163 Å². The molecule has 1 heterocycles. The molecule has 1 aliphatic rings. The molecule has 28 heavy (non-hydrogen) atoms. The fourth-order valence-electron chi connectivity index (χ4n) is 3.27. The molecule has 0 bridgehead atoms. The second-order valence-electron chi connectivity index (χ2n) is 6.34. The number of hydrogen-bond donors (Lipinski definition) is 2. The van der Waals surface area contributed by atoms with Crippen LogP contribution in [0.1, 0.15) is 18.1 Å². The number of nitrogens with zero attached hydrogens (tertiary/aromatic N) is 1. The molecule has 1 aliphatic heterocycles. The Kier molecular flexibility index (Phi) is 6.39. The summed E-state index contributed by atoms with van der Waals surface area (Å²) >= 11 is 0. The first kappa shape index (κ1) is 19.6. The smallest absolute Gasteiger partial charge is 0.411 e. The first-order chi connectivity index (χ1) is 13.6. The number of fused-ring (bicyclic) bond motifs is 2. The lowest BCUT2D eigenvalue weighted by atomic mass is 10.0. The van der Waals surface area contributed by atoms with Gasteiger partial charge < -0.3 is 14.8 Å². The van der Waals surface area contributed by atoms with Crippen molar-refractivity contribution in [1.29, 1.82) is 0 Å². The van der Waals surface area contributed by atoms with Crippen molar-refractivity contribution in [2.45, 2.75) is 19.8 Å². The quantitative estimate of drug-likeness (QED) is 0.593. The standard InChI is InChI=1S/C21H23N3O4/c1-2-28-21(27)23-17-10-9-16-8-7-15-5-3-4-6-18(15)24(19(16)13-17)20(26)14-22-11-12-25/h3-6,9-10,12-13,22H,2,7-8,11,14H2,1H3,(H,23,27). The van der Waals surface area contributed by atoms with Crippen molar-refractivity contribution in [3.63, 3.8) is 0 Å². The molecule has 0 spiro atoms. The van der Waals surface area contributed by atoms with Gasteiger partial charge >= 0.3 is 6.09 Å². The Morgan fingerprint density at radius 3 is 2.61 bits per heavy atom. The van der Waals surface area contributed by atoms with E-state index in [0.717, 1.165) is 41.6 Å². The number of para-hydroxylation sites is 1. The zero-order chi connectivity index (χ0) is 19.9. The van der Waals surface area contributed by atoms with Gasteiger partial charge in [0.2, 0.25) is 5.91 Å². The molecule has 2 amide bonds. The minimum Gasteiger partial charge on any atom is -0.450 e. The van der Waals surface area contributed by atoms with E-state index < -0.39 is 6.09 Å². The molecular formula is C21H23N3O4. The second-order valence-corrected chi connectivity index (χ2v) is 6.34. The SMILES string of the molecule is CCOC(=O)Nc1ccc2c(c1)N(C(=O)CNCC=O)c1ccccc1CC2. The molecule has 0 radical (unpaired) electrons. The summed E-state index contributed by atoms with van der Waals surface area (Å²) in [6.45, 7) is 2.15. The third kappa shape index (κ3) is 4.37. The van der Waals surface area contributed by atoms with Crippen molar-refractivity contribution in [2.75, 3.05) is 29.9 Å². The van der Waals surface area contributed by atoms with Gasteiger partial charge in [-0.3, -0.25) is 15.0 Å². The van der Waals surface area contributed by atoms with E-state index in [1.165, 1.54) is 0 Å². The highest BCUT2D eigenvalue weighted by molar-refractivity contribution is 6.04. The summed E-state index contributed by atoms with van der Waals surface area (Å²) in [5.74, 6) is -0.175. The van der Waals surface area contributed by atoms with E-state index in [1.54, 1.807) is 24.0 Å². The van der Waals surface area contributed by atoms with Crippen LogP contribution < -0.4 is 15.5 Å². The predicted octanol–water partition coefficient (Wildman–Crippen LogP) is 2.81. The number of amides is 2. The Bertz CT molecular complexity index is 882. The van der Waals surface area contributed by atoms with Crippen molar-refractivity contribution >= 4 is 35.3 Å². The summed E-state index contributed by atoms with van der Waals surface area (Å²) in [6, 6.07) is 13.3. The lowest BCUT2D eigenvalue weighted by Gasteiger charge is -2.25. The number of carbonyl (C=O) groups is 3. The number of benzene rings is 2. The molecular weight excluding hydrogens is 358 g/mol. The molecule has 0 aliphatic carbocycles. The first-order valence-corrected chi connectivity index (χ1v) is 9.26. The molecule has 3 rings (SSSR count). The summed E-state index contributed by atoms with van der Waals surface area (Å²) in [6.07, 6.45) is 1.76. The fourth-order valence-corrected chi connectivity index (χ4v) is 3.27. The number of aldehydes is 1. The van der Waals surface area contributed by atoms with E-state index >= 15 is 0 Å². The number of ether oxygens (including phenoxy) is 1. The Morgan fingerprint density at radius 1 is 1.11 bits per heavy atom. The summed E-state index contributed by atoms with van der Waals surface area (Å²) < 4.78 is 4.94. The van der Waals surface area contributed by atoms with Crippen molar-refractivity contribution < 1.29 is 19.1 Å². The van der Waals surface area contributed by atoms with Crippen LogP contribution in [0.15, 0.2) is 42.5 Å². The molecule has 2 N–H and O–H groups in total. The van der Waals surface area contributed by atoms with Gasteiger partial charge in [0, 0.05) is 5.69 Å². The van der Waals surface area contributed by atoms with Crippen LogP contribution in [0.4, 0.5) is 21.9 Å². The molecule has 0 saturated carbocycles. The molecule has 0 atom stereocenters. The van der Waals surface area contributed by atoms with Crippen LogP contribution in [0, 0.1) is 0 Å². The average Bonchev–Trinajstić information content (AvgIpc) is 2.85. The van der Waals surface area contributed by atoms with Gasteiger partial charge in [0.05, 0.1) is 31.1 Å². The Hall–Kier alpha value is -3.19. The van der Waals surface area contributed by atoms with Crippen LogP contribution in [-0.4, -0.2) is 38.0 Å². The highest BCUT2D eigenvalue weighted by Crippen LogP contribution is 2.37. The molecule has 2 aromatic rings. The normalized spacial score (nSPS) is 12.4. The number of rotatable bonds is 6. The van der Waals surface area contributed by atoms with Crippen LogP contribution in [0.3, 0.4) is 0 Å². The topological polar surface area (TPSA) is 87.7 Å². The van der Waals surface area contributed by atoms with Crippen LogP contribution in [-0.2, 0) is 27.2 Å². The van der Waals surface area contributed by atoms with Gasteiger partial charge in [-0.05, 0) is 49.1 Å². The van der Waals surface area contributed by atoms with Gasteiger partial charge in [0.25, 0.3) is 0 Å². The Morgan fingerprint density at radius 2 is 1.86 bits per heavy atom. The van der Waals surface area contributed by atoms with E-state index in [1.807, 2.05) is 30.3 Å². The summed E-state index contributed by atoms with van der Waals surface area (Å²) in [5, 5.41) is 5.52. The predicted molar refractivity (Wildman–Crippen MR) is 107 cm³/mol. The molecule has 146 valence electrons. The third-order valence-corrected chi connectivity index (χ3v) is 4.50. The largest absolute Gasteiger partial charge is 0.450 e. The van der Waals surface area contributed by atoms with Crippen LogP contribution in [0.2, 0.25) is 0 Å². The van der Waals surface area contributed by atoms with Gasteiger partial charge in [0.15, 0.2) is 0 Å². The van der Waals surface area contributed by atoms with Gasteiger partial charge in [-0.2, -0.15) is 0 Å². The van der Waals surface area contributed by atoms with E-state index in [2.05, 4.69) is 10.6 Å². The second kappa shape index (κ2) is 9.14. The summed E-state index contributed by atoms with van der Waals surface area (Å²) in [7, 11) is 0. The van der Waals surface area contributed by atoms with Crippen LogP contribution in [0.25, 0.3) is 0 Å². The molecule has 0 saturated heterocycles. The number of anilines is 3. The van der Waals surface area contributed by atoms with Crippen molar-refractivity contribution in [1.82, 2.24) is 5.32 Å². The maximum Gasteiger partial charge on any atom is 0.411 e. The molecule has 7 nitrogen and oxygen atoms in total. The third-order valence-electron chi connectivity index (χ3n) is 4.50. The van der Waals surface area contributed by atoms with E-state index in [4.69, 9.17) is 4.74 Å². The zero-order valence-electron chi connectivity index (χ0n) is 15.7. The van der Waals surface area contributed by atoms with E-state index in [0.29, 0.717) is 5.69 Å². The highest BCUT2D eigenvalue weighted by Gasteiger charge is 2.26. The minimum absolute atomic E-state index is 0.0298. The van der Waals surface area contributed by atoms with Crippen molar-refractivity contribution in [2.24, 2.45) is 0 Å². The first-order valence-electron chi connectivity index (χ1n) is 9.26. The summed E-state index contributed by atoms with van der Waals surface area (Å²) in [4.78, 5) is 37.0. The number of carbonyl (C=O) groups excluding carboxylic acids is 3. The molecule has 2 aromatic carbocycles. The van der Waals surface area contributed by atoms with Crippen LogP contribution in [0.5, 0.6) is 0 Å². The molecule has 0 unspecified atom stereocenters. The number of aryl methyl sites for hydroxylation is 2. The maximum absolute atomic E-state index is 13.0. The van der Waals surface area contributed by atoms with E-state index in [-0.39, 0.29) is 25.6 Å². The summed E-state index contributed by atoms with van der Waals surface area (Å²) in [5.41, 5.74) is 4.16.